The predicted octanol–water partition coefficient (Wildman–Crippen LogP) is 2.92. The van der Waals surface area contributed by atoms with Crippen molar-refractivity contribution in [1.82, 2.24) is 19.9 Å². The van der Waals surface area contributed by atoms with E-state index in [0.29, 0.717) is 17.4 Å². The lowest BCUT2D eigenvalue weighted by molar-refractivity contribution is 0.492. The van der Waals surface area contributed by atoms with Gasteiger partial charge >= 0.3 is 0 Å². The van der Waals surface area contributed by atoms with Crippen LogP contribution in [-0.4, -0.2) is 33.0 Å². The highest BCUT2D eigenvalue weighted by atomic mass is 15.2. The second-order valence-corrected chi connectivity index (χ2v) is 6.27. The summed E-state index contributed by atoms with van der Waals surface area (Å²) in [6.45, 7) is 3.77. The number of imidazole rings is 1. The number of H-pyrrole nitrogens is 1. The van der Waals surface area contributed by atoms with Gasteiger partial charge in [-0.2, -0.15) is 5.26 Å². The predicted molar refractivity (Wildman–Crippen MR) is 91.8 cm³/mol. The Morgan fingerprint density at radius 1 is 1.29 bits per heavy atom. The number of hydrogen-bond donors (Lipinski definition) is 1. The maximum Gasteiger partial charge on any atom is 0.183 e. The summed E-state index contributed by atoms with van der Waals surface area (Å²) >= 11 is 0. The number of fused-ring (bicyclic) bond motifs is 1. The number of hydrogen-bond acceptors (Lipinski definition) is 5. The topological polar surface area (TPSA) is 81.5 Å². The van der Waals surface area contributed by atoms with Gasteiger partial charge in [-0.25, -0.2) is 15.0 Å². The molecule has 3 heterocycles. The third-order valence-corrected chi connectivity index (χ3v) is 4.55. The summed E-state index contributed by atoms with van der Waals surface area (Å²) in [6.07, 6.45) is 5.33. The van der Waals surface area contributed by atoms with Crippen LogP contribution >= 0.6 is 0 Å². The number of nitrogens with one attached hydrogen (secondary N) is 1. The third kappa shape index (κ3) is 2.58. The first-order valence-electron chi connectivity index (χ1n) is 8.17. The minimum atomic E-state index is 0.306. The number of nitrogens with zero attached hydrogens (tertiary/aromatic N) is 5. The van der Waals surface area contributed by atoms with E-state index >= 15 is 0 Å². The summed E-state index contributed by atoms with van der Waals surface area (Å²) in [4.78, 5) is 18.9. The summed E-state index contributed by atoms with van der Waals surface area (Å²) in [5.74, 6) is 2.00. The van der Waals surface area contributed by atoms with Crippen molar-refractivity contribution in [3.63, 3.8) is 0 Å². The summed E-state index contributed by atoms with van der Waals surface area (Å²) in [5.41, 5.74) is 3.70. The van der Waals surface area contributed by atoms with E-state index in [4.69, 9.17) is 4.98 Å². The highest BCUT2D eigenvalue weighted by molar-refractivity contribution is 5.76. The number of aromatic nitrogens is 4. The molecule has 1 atom stereocenters. The number of piperidine rings is 1. The van der Waals surface area contributed by atoms with Crippen LogP contribution in [0.25, 0.3) is 11.0 Å². The SMILES string of the molecule is Cc1ccc2nc(C3CCCN(c4nccnc4C#N)C3)[nH]c2c1. The molecule has 1 aliphatic heterocycles. The molecule has 4 rings (SSSR count). The minimum absolute atomic E-state index is 0.306. The van der Waals surface area contributed by atoms with E-state index in [2.05, 4.69) is 51.0 Å². The lowest BCUT2D eigenvalue weighted by atomic mass is 9.97. The number of nitriles is 1. The molecule has 1 aromatic carbocycles. The Hall–Kier alpha value is -2.94. The number of rotatable bonds is 2. The Kier molecular flexibility index (Phi) is 3.62. The Labute approximate surface area is 140 Å². The molecule has 2 aromatic heterocycles. The van der Waals surface area contributed by atoms with Crippen molar-refractivity contribution in [2.45, 2.75) is 25.7 Å². The molecular weight excluding hydrogens is 300 g/mol. The van der Waals surface area contributed by atoms with Gasteiger partial charge in [0.15, 0.2) is 11.5 Å². The van der Waals surface area contributed by atoms with E-state index in [1.165, 1.54) is 5.56 Å². The average molecular weight is 318 g/mol. The first kappa shape index (κ1) is 14.6. The second-order valence-electron chi connectivity index (χ2n) is 6.27. The Morgan fingerprint density at radius 2 is 2.17 bits per heavy atom. The van der Waals surface area contributed by atoms with Crippen LogP contribution in [0.3, 0.4) is 0 Å². The number of aryl methyl sites for hydroxylation is 1. The molecule has 6 nitrogen and oxygen atoms in total. The lowest BCUT2D eigenvalue weighted by Gasteiger charge is -2.32. The highest BCUT2D eigenvalue weighted by Crippen LogP contribution is 2.29. The molecule has 0 radical (unpaired) electrons. The van der Waals surface area contributed by atoms with Gasteiger partial charge in [0.2, 0.25) is 0 Å². The van der Waals surface area contributed by atoms with Gasteiger partial charge in [-0.1, -0.05) is 6.07 Å². The fourth-order valence-electron chi connectivity index (χ4n) is 3.37. The number of anilines is 1. The maximum absolute atomic E-state index is 9.26. The van der Waals surface area contributed by atoms with Crippen molar-refractivity contribution < 1.29 is 0 Å². The Balaban J connectivity index is 1.63. The van der Waals surface area contributed by atoms with Crippen LogP contribution in [0, 0.1) is 18.3 Å². The van der Waals surface area contributed by atoms with Crippen molar-refractivity contribution in [3.8, 4) is 6.07 Å². The van der Waals surface area contributed by atoms with Crippen molar-refractivity contribution in [3.05, 3.63) is 47.7 Å². The lowest BCUT2D eigenvalue weighted by Crippen LogP contribution is -2.36. The first-order valence-corrected chi connectivity index (χ1v) is 8.17. The molecule has 0 bridgehead atoms. The van der Waals surface area contributed by atoms with Crippen molar-refractivity contribution in [1.29, 1.82) is 5.26 Å². The summed E-state index contributed by atoms with van der Waals surface area (Å²) in [6, 6.07) is 8.40. The molecule has 1 aliphatic rings. The first-order chi connectivity index (χ1) is 11.7. The normalized spacial score (nSPS) is 17.8. The van der Waals surface area contributed by atoms with Gasteiger partial charge in [-0.05, 0) is 37.5 Å². The molecule has 3 aromatic rings. The molecule has 24 heavy (non-hydrogen) atoms. The average Bonchev–Trinajstić information content (AvgIpc) is 3.05. The van der Waals surface area contributed by atoms with Crippen LogP contribution in [0.1, 0.15) is 35.8 Å². The summed E-state index contributed by atoms with van der Waals surface area (Å²) < 4.78 is 0. The van der Waals surface area contributed by atoms with Gasteiger partial charge in [0.1, 0.15) is 11.9 Å². The molecule has 1 unspecified atom stereocenters. The smallest absolute Gasteiger partial charge is 0.183 e. The molecule has 0 aliphatic carbocycles. The van der Waals surface area contributed by atoms with Crippen LogP contribution in [0.2, 0.25) is 0 Å². The second kappa shape index (κ2) is 5.93. The molecule has 1 fully saturated rings. The zero-order chi connectivity index (χ0) is 16.5. The zero-order valence-corrected chi connectivity index (χ0v) is 13.5. The van der Waals surface area contributed by atoms with Crippen LogP contribution in [0.4, 0.5) is 5.82 Å². The molecule has 120 valence electrons. The number of benzene rings is 1. The van der Waals surface area contributed by atoms with Crippen LogP contribution in [0.5, 0.6) is 0 Å². The van der Waals surface area contributed by atoms with E-state index in [1.54, 1.807) is 12.4 Å². The zero-order valence-electron chi connectivity index (χ0n) is 13.5. The summed E-state index contributed by atoms with van der Waals surface area (Å²) in [7, 11) is 0. The molecule has 0 spiro atoms. The molecule has 0 amide bonds. The van der Waals surface area contributed by atoms with Gasteiger partial charge in [-0.3, -0.25) is 0 Å². The third-order valence-electron chi connectivity index (χ3n) is 4.55. The largest absolute Gasteiger partial charge is 0.353 e. The van der Waals surface area contributed by atoms with Gasteiger partial charge in [-0.15, -0.1) is 0 Å². The maximum atomic E-state index is 9.26. The van der Waals surface area contributed by atoms with E-state index in [-0.39, 0.29) is 0 Å². The van der Waals surface area contributed by atoms with Crippen LogP contribution in [0.15, 0.2) is 30.6 Å². The Morgan fingerprint density at radius 3 is 3.04 bits per heavy atom. The van der Waals surface area contributed by atoms with Crippen molar-refractivity contribution in [2.75, 3.05) is 18.0 Å². The molecule has 1 N–H and O–H groups in total. The van der Waals surface area contributed by atoms with Gasteiger partial charge in [0.05, 0.1) is 11.0 Å². The standard InChI is InChI=1S/C18H18N6/c1-12-4-5-14-15(9-12)23-17(22-14)13-3-2-8-24(11-13)18-16(10-19)20-6-7-21-18/h4-7,9,13H,2-3,8,11H2,1H3,(H,22,23). The quantitative estimate of drug-likeness (QED) is 0.785. The Bertz CT molecular complexity index is 923. The molecule has 6 heteroatoms. The highest BCUT2D eigenvalue weighted by Gasteiger charge is 2.26. The fourth-order valence-corrected chi connectivity index (χ4v) is 3.37. The van der Waals surface area contributed by atoms with Crippen molar-refractivity contribution in [2.24, 2.45) is 0 Å². The number of aromatic amines is 1. The van der Waals surface area contributed by atoms with E-state index < -0.39 is 0 Å². The summed E-state index contributed by atoms with van der Waals surface area (Å²) in [5, 5.41) is 9.26. The van der Waals surface area contributed by atoms with E-state index in [0.717, 1.165) is 42.8 Å². The molecule has 1 saturated heterocycles. The molecule has 0 saturated carbocycles. The minimum Gasteiger partial charge on any atom is -0.353 e. The fraction of sp³-hybridized carbons (Fsp3) is 0.333. The monoisotopic (exact) mass is 318 g/mol. The van der Waals surface area contributed by atoms with Gasteiger partial charge < -0.3 is 9.88 Å². The van der Waals surface area contributed by atoms with Crippen LogP contribution < -0.4 is 4.90 Å². The van der Waals surface area contributed by atoms with Crippen molar-refractivity contribution >= 4 is 16.9 Å². The van der Waals surface area contributed by atoms with E-state index in [1.807, 2.05) is 0 Å². The van der Waals surface area contributed by atoms with E-state index in [9.17, 15) is 5.26 Å². The van der Waals surface area contributed by atoms with Gasteiger partial charge in [0.25, 0.3) is 0 Å². The van der Waals surface area contributed by atoms with Crippen LogP contribution in [-0.2, 0) is 0 Å². The van der Waals surface area contributed by atoms with Gasteiger partial charge in [0, 0.05) is 31.4 Å². The molecular formula is C18H18N6.